The van der Waals surface area contributed by atoms with Gasteiger partial charge in [0.1, 0.15) is 5.82 Å². The maximum absolute atomic E-state index is 13.5. The van der Waals surface area contributed by atoms with Gasteiger partial charge in [-0.15, -0.1) is 0 Å². The van der Waals surface area contributed by atoms with E-state index in [1.807, 2.05) is 26.2 Å². The monoisotopic (exact) mass is 238 g/mol. The second kappa shape index (κ2) is 6.72. The van der Waals surface area contributed by atoms with E-state index in [0.29, 0.717) is 18.5 Å². The summed E-state index contributed by atoms with van der Waals surface area (Å²) in [4.78, 5) is 2.19. The van der Waals surface area contributed by atoms with Crippen LogP contribution in [0.15, 0.2) is 24.3 Å². The molecule has 0 aliphatic heterocycles. The molecule has 0 fully saturated rings. The molecule has 2 atom stereocenters. The molecule has 1 rings (SSSR count). The molecule has 17 heavy (non-hydrogen) atoms. The van der Waals surface area contributed by atoms with Gasteiger partial charge in [0.25, 0.3) is 0 Å². The Kier molecular flexibility index (Phi) is 5.59. The molecule has 0 bridgehead atoms. The molecule has 0 radical (unpaired) electrons. The Morgan fingerprint density at radius 1 is 1.29 bits per heavy atom. The highest BCUT2D eigenvalue weighted by Crippen LogP contribution is 2.14. The first-order valence-electron chi connectivity index (χ1n) is 6.14. The summed E-state index contributed by atoms with van der Waals surface area (Å²) in [5.41, 5.74) is 0.763. The summed E-state index contributed by atoms with van der Waals surface area (Å²) in [5.74, 6) is 0.421. The molecule has 0 spiro atoms. The number of hydrogen-bond acceptors (Lipinski definition) is 2. The number of nitrogens with zero attached hydrogens (tertiary/aromatic N) is 1. The van der Waals surface area contributed by atoms with Gasteiger partial charge in [-0.3, -0.25) is 4.90 Å². The van der Waals surface area contributed by atoms with Crippen LogP contribution in [0.5, 0.6) is 0 Å². The molecule has 0 aliphatic carbocycles. The van der Waals surface area contributed by atoms with Crippen molar-refractivity contribution < 1.29 is 4.39 Å². The lowest BCUT2D eigenvalue weighted by Crippen LogP contribution is -2.38. The molecular formula is C14H23FN2. The van der Waals surface area contributed by atoms with Crippen molar-refractivity contribution in [2.45, 2.75) is 26.4 Å². The molecule has 0 amide bonds. The van der Waals surface area contributed by atoms with E-state index in [4.69, 9.17) is 0 Å². The minimum atomic E-state index is -0.118. The minimum Gasteiger partial charge on any atom is -0.319 e. The molecule has 1 aromatic carbocycles. The van der Waals surface area contributed by atoms with Crippen molar-refractivity contribution >= 4 is 0 Å². The lowest BCUT2D eigenvalue weighted by atomic mass is 10.0. The Labute approximate surface area is 104 Å². The van der Waals surface area contributed by atoms with E-state index in [0.717, 1.165) is 12.1 Å². The normalized spacial score (nSPS) is 14.9. The topological polar surface area (TPSA) is 15.3 Å². The van der Waals surface area contributed by atoms with Crippen molar-refractivity contribution in [1.29, 1.82) is 0 Å². The highest BCUT2D eigenvalue weighted by molar-refractivity contribution is 5.17. The number of rotatable bonds is 6. The molecule has 0 aromatic heterocycles. The SMILES string of the molecule is CNCC(C)C(C)N(C)Cc1ccccc1F. The Morgan fingerprint density at radius 2 is 1.94 bits per heavy atom. The van der Waals surface area contributed by atoms with Gasteiger partial charge in [0.2, 0.25) is 0 Å². The highest BCUT2D eigenvalue weighted by atomic mass is 19.1. The first-order chi connectivity index (χ1) is 8.06. The van der Waals surface area contributed by atoms with Gasteiger partial charge in [-0.2, -0.15) is 0 Å². The van der Waals surface area contributed by atoms with Crippen LogP contribution >= 0.6 is 0 Å². The summed E-state index contributed by atoms with van der Waals surface area (Å²) in [5, 5.41) is 3.18. The molecule has 3 heteroatoms. The van der Waals surface area contributed by atoms with E-state index in [1.54, 1.807) is 6.07 Å². The zero-order valence-electron chi connectivity index (χ0n) is 11.2. The molecule has 0 aliphatic rings. The molecule has 0 heterocycles. The Bertz CT molecular complexity index is 341. The van der Waals surface area contributed by atoms with E-state index >= 15 is 0 Å². The summed E-state index contributed by atoms with van der Waals surface area (Å²) in [7, 11) is 4.00. The van der Waals surface area contributed by atoms with E-state index in [-0.39, 0.29) is 5.82 Å². The second-order valence-electron chi connectivity index (χ2n) is 4.78. The maximum atomic E-state index is 13.5. The van der Waals surface area contributed by atoms with Crippen LogP contribution in [0.3, 0.4) is 0 Å². The van der Waals surface area contributed by atoms with Crippen LogP contribution in [0.4, 0.5) is 4.39 Å². The van der Waals surface area contributed by atoms with Gasteiger partial charge in [0, 0.05) is 18.2 Å². The van der Waals surface area contributed by atoms with E-state index in [1.165, 1.54) is 6.07 Å². The zero-order valence-corrected chi connectivity index (χ0v) is 11.2. The highest BCUT2D eigenvalue weighted by Gasteiger charge is 2.17. The van der Waals surface area contributed by atoms with Gasteiger partial charge in [-0.05, 0) is 39.5 Å². The number of halogens is 1. The van der Waals surface area contributed by atoms with Crippen LogP contribution in [0.2, 0.25) is 0 Å². The maximum Gasteiger partial charge on any atom is 0.127 e. The Balaban J connectivity index is 2.60. The third-order valence-electron chi connectivity index (χ3n) is 3.42. The first-order valence-corrected chi connectivity index (χ1v) is 6.14. The van der Waals surface area contributed by atoms with Crippen molar-refractivity contribution in [1.82, 2.24) is 10.2 Å². The first kappa shape index (κ1) is 14.1. The summed E-state index contributed by atoms with van der Waals surface area (Å²) in [6.45, 7) is 6.02. The standard InChI is InChI=1S/C14H23FN2/c1-11(9-16-3)12(2)17(4)10-13-7-5-6-8-14(13)15/h5-8,11-12,16H,9-10H2,1-4H3. The lowest BCUT2D eigenvalue weighted by molar-refractivity contribution is 0.188. The van der Waals surface area contributed by atoms with Gasteiger partial charge in [0.05, 0.1) is 0 Å². The van der Waals surface area contributed by atoms with Crippen LogP contribution in [-0.4, -0.2) is 31.6 Å². The van der Waals surface area contributed by atoms with E-state index in [9.17, 15) is 4.39 Å². The van der Waals surface area contributed by atoms with Crippen LogP contribution in [0, 0.1) is 11.7 Å². The van der Waals surface area contributed by atoms with Crippen LogP contribution in [0.25, 0.3) is 0 Å². The quantitative estimate of drug-likeness (QED) is 0.819. The summed E-state index contributed by atoms with van der Waals surface area (Å²) in [6, 6.07) is 7.40. The second-order valence-corrected chi connectivity index (χ2v) is 4.78. The summed E-state index contributed by atoms with van der Waals surface area (Å²) in [6.07, 6.45) is 0. The molecule has 0 saturated carbocycles. The average Bonchev–Trinajstić information content (AvgIpc) is 2.31. The summed E-state index contributed by atoms with van der Waals surface area (Å²) >= 11 is 0. The van der Waals surface area contributed by atoms with Crippen molar-refractivity contribution in [2.75, 3.05) is 20.6 Å². The Hall–Kier alpha value is -0.930. The van der Waals surface area contributed by atoms with Crippen LogP contribution in [0.1, 0.15) is 19.4 Å². The van der Waals surface area contributed by atoms with Gasteiger partial charge in [0.15, 0.2) is 0 Å². The largest absolute Gasteiger partial charge is 0.319 e. The number of benzene rings is 1. The van der Waals surface area contributed by atoms with E-state index in [2.05, 4.69) is 24.1 Å². The van der Waals surface area contributed by atoms with Gasteiger partial charge >= 0.3 is 0 Å². The third-order valence-corrected chi connectivity index (χ3v) is 3.42. The van der Waals surface area contributed by atoms with E-state index < -0.39 is 0 Å². The molecule has 2 nitrogen and oxygen atoms in total. The number of nitrogens with one attached hydrogen (secondary N) is 1. The predicted octanol–water partition coefficient (Wildman–Crippen LogP) is 2.50. The smallest absolute Gasteiger partial charge is 0.127 e. The van der Waals surface area contributed by atoms with Crippen molar-refractivity contribution in [3.05, 3.63) is 35.6 Å². The van der Waals surface area contributed by atoms with Gasteiger partial charge in [-0.1, -0.05) is 25.1 Å². The van der Waals surface area contributed by atoms with Crippen molar-refractivity contribution in [2.24, 2.45) is 5.92 Å². The molecule has 96 valence electrons. The molecule has 1 N–H and O–H groups in total. The molecule has 0 saturated heterocycles. The fraction of sp³-hybridized carbons (Fsp3) is 0.571. The average molecular weight is 238 g/mol. The minimum absolute atomic E-state index is 0.118. The third kappa shape index (κ3) is 4.10. The molecule has 2 unspecified atom stereocenters. The lowest BCUT2D eigenvalue weighted by Gasteiger charge is -2.30. The van der Waals surface area contributed by atoms with Crippen LogP contribution < -0.4 is 5.32 Å². The van der Waals surface area contributed by atoms with Crippen molar-refractivity contribution in [3.63, 3.8) is 0 Å². The fourth-order valence-corrected chi connectivity index (χ4v) is 1.97. The van der Waals surface area contributed by atoms with Gasteiger partial charge in [-0.25, -0.2) is 4.39 Å². The molecule has 1 aromatic rings. The van der Waals surface area contributed by atoms with Gasteiger partial charge < -0.3 is 5.32 Å². The number of hydrogen-bond donors (Lipinski definition) is 1. The van der Waals surface area contributed by atoms with Crippen molar-refractivity contribution in [3.8, 4) is 0 Å². The predicted molar refractivity (Wildman–Crippen MR) is 70.4 cm³/mol. The fourth-order valence-electron chi connectivity index (χ4n) is 1.97. The van der Waals surface area contributed by atoms with Crippen LogP contribution in [-0.2, 0) is 6.54 Å². The molecular weight excluding hydrogens is 215 g/mol. The summed E-state index contributed by atoms with van der Waals surface area (Å²) < 4.78 is 13.5. The Morgan fingerprint density at radius 3 is 2.53 bits per heavy atom. The zero-order chi connectivity index (χ0) is 12.8.